The molecule has 0 saturated heterocycles. The fourth-order valence-electron chi connectivity index (χ4n) is 1.79. The van der Waals surface area contributed by atoms with E-state index < -0.39 is 10.0 Å². The molecule has 0 aliphatic heterocycles. The van der Waals surface area contributed by atoms with E-state index in [9.17, 15) is 8.42 Å². The van der Waals surface area contributed by atoms with E-state index >= 15 is 0 Å². The van der Waals surface area contributed by atoms with E-state index in [1.807, 2.05) is 19.9 Å². The molecule has 0 spiro atoms. The minimum atomic E-state index is -3.54. The van der Waals surface area contributed by atoms with Gasteiger partial charge in [-0.25, -0.2) is 8.42 Å². The summed E-state index contributed by atoms with van der Waals surface area (Å²) < 4.78 is 28.6. The molecule has 0 atom stereocenters. The summed E-state index contributed by atoms with van der Waals surface area (Å²) in [6.45, 7) is 5.51. The standard InChI is InChI=1S/C14H17BrN2O2S2/c1-3-16-9-13-10(2)7-14(20-13)21(18,19)17-12-6-4-5-11(15)8-12/h4-8,16-17H,3,9H2,1-2H3. The van der Waals surface area contributed by atoms with Crippen LogP contribution in [0.2, 0.25) is 0 Å². The lowest BCUT2D eigenvalue weighted by Gasteiger charge is -2.06. The van der Waals surface area contributed by atoms with Crippen LogP contribution in [0.3, 0.4) is 0 Å². The van der Waals surface area contributed by atoms with Crippen molar-refractivity contribution in [2.75, 3.05) is 11.3 Å². The first-order chi connectivity index (χ1) is 9.92. The predicted octanol–water partition coefficient (Wildman–Crippen LogP) is 3.73. The van der Waals surface area contributed by atoms with E-state index in [-0.39, 0.29) is 0 Å². The van der Waals surface area contributed by atoms with Crippen LogP contribution in [-0.4, -0.2) is 15.0 Å². The van der Waals surface area contributed by atoms with Crippen molar-refractivity contribution < 1.29 is 8.42 Å². The van der Waals surface area contributed by atoms with E-state index in [1.165, 1.54) is 11.3 Å². The van der Waals surface area contributed by atoms with Crippen molar-refractivity contribution in [1.82, 2.24) is 5.32 Å². The number of halogens is 1. The molecular weight excluding hydrogens is 372 g/mol. The van der Waals surface area contributed by atoms with Crippen LogP contribution in [0.4, 0.5) is 5.69 Å². The highest BCUT2D eigenvalue weighted by molar-refractivity contribution is 9.10. The zero-order chi connectivity index (χ0) is 15.5. The summed E-state index contributed by atoms with van der Waals surface area (Å²) in [7, 11) is -3.54. The fourth-order valence-corrected chi connectivity index (χ4v) is 4.80. The van der Waals surface area contributed by atoms with Crippen molar-refractivity contribution in [3.8, 4) is 0 Å². The molecule has 0 saturated carbocycles. The summed E-state index contributed by atoms with van der Waals surface area (Å²) in [5.74, 6) is 0. The third-order valence-corrected chi connectivity index (χ3v) is 6.46. The monoisotopic (exact) mass is 388 g/mol. The molecule has 114 valence electrons. The Bertz CT molecular complexity index is 726. The van der Waals surface area contributed by atoms with E-state index in [2.05, 4.69) is 26.0 Å². The number of nitrogens with one attached hydrogen (secondary N) is 2. The van der Waals surface area contributed by atoms with Crippen molar-refractivity contribution in [3.05, 3.63) is 45.2 Å². The highest BCUT2D eigenvalue weighted by atomic mass is 79.9. The number of hydrogen-bond acceptors (Lipinski definition) is 4. The molecule has 0 fully saturated rings. The first-order valence-electron chi connectivity index (χ1n) is 6.51. The van der Waals surface area contributed by atoms with Crippen molar-refractivity contribution in [2.45, 2.75) is 24.6 Å². The Hall–Kier alpha value is -0.890. The molecule has 1 heterocycles. The van der Waals surface area contributed by atoms with Crippen LogP contribution in [0.1, 0.15) is 17.4 Å². The van der Waals surface area contributed by atoms with Gasteiger partial charge in [-0.3, -0.25) is 4.72 Å². The molecule has 4 nitrogen and oxygen atoms in total. The lowest BCUT2D eigenvalue weighted by Crippen LogP contribution is -2.11. The van der Waals surface area contributed by atoms with E-state index in [0.717, 1.165) is 21.5 Å². The van der Waals surface area contributed by atoms with Gasteiger partial charge in [0.1, 0.15) is 4.21 Å². The maximum atomic E-state index is 12.4. The molecule has 1 aromatic carbocycles. The average Bonchev–Trinajstić information content (AvgIpc) is 2.78. The van der Waals surface area contributed by atoms with Gasteiger partial charge in [-0.2, -0.15) is 0 Å². The number of thiophene rings is 1. The largest absolute Gasteiger partial charge is 0.312 e. The topological polar surface area (TPSA) is 58.2 Å². The first-order valence-corrected chi connectivity index (χ1v) is 9.60. The smallest absolute Gasteiger partial charge is 0.271 e. The molecule has 0 aliphatic rings. The van der Waals surface area contributed by atoms with Gasteiger partial charge < -0.3 is 5.32 Å². The minimum absolute atomic E-state index is 0.341. The zero-order valence-corrected chi connectivity index (χ0v) is 15.0. The molecule has 2 aromatic rings. The van der Waals surface area contributed by atoms with Crippen molar-refractivity contribution in [3.63, 3.8) is 0 Å². The zero-order valence-electron chi connectivity index (χ0n) is 11.8. The molecule has 0 unspecified atom stereocenters. The van der Waals surface area contributed by atoms with Crippen LogP contribution in [0.25, 0.3) is 0 Å². The number of rotatable bonds is 6. The fraction of sp³-hybridized carbons (Fsp3) is 0.286. The van der Waals surface area contributed by atoms with Gasteiger partial charge in [-0.05, 0) is 43.3 Å². The minimum Gasteiger partial charge on any atom is -0.312 e. The van der Waals surface area contributed by atoms with Gasteiger partial charge in [-0.15, -0.1) is 11.3 Å². The Morgan fingerprint density at radius 3 is 2.71 bits per heavy atom. The Labute approximate surface area is 137 Å². The van der Waals surface area contributed by atoms with Crippen LogP contribution in [0, 0.1) is 6.92 Å². The maximum Gasteiger partial charge on any atom is 0.271 e. The molecule has 21 heavy (non-hydrogen) atoms. The summed E-state index contributed by atoms with van der Waals surface area (Å²) in [6, 6.07) is 8.82. The Balaban J connectivity index is 2.23. The van der Waals surface area contributed by atoms with Crippen molar-refractivity contribution in [1.29, 1.82) is 0 Å². The van der Waals surface area contributed by atoms with E-state index in [1.54, 1.807) is 24.3 Å². The molecule has 0 bridgehead atoms. The normalized spacial score (nSPS) is 11.6. The van der Waals surface area contributed by atoms with Gasteiger partial charge in [0.15, 0.2) is 0 Å². The SMILES string of the molecule is CCNCc1sc(S(=O)(=O)Nc2cccc(Br)c2)cc1C. The average molecular weight is 389 g/mol. The quantitative estimate of drug-likeness (QED) is 0.792. The maximum absolute atomic E-state index is 12.4. The van der Waals surface area contributed by atoms with Crippen LogP contribution in [0.15, 0.2) is 39.0 Å². The summed E-state index contributed by atoms with van der Waals surface area (Å²) in [6.07, 6.45) is 0. The van der Waals surface area contributed by atoms with Gasteiger partial charge >= 0.3 is 0 Å². The third kappa shape index (κ3) is 4.29. The number of hydrogen-bond donors (Lipinski definition) is 2. The lowest BCUT2D eigenvalue weighted by molar-refractivity contribution is 0.603. The summed E-state index contributed by atoms with van der Waals surface area (Å²) in [5.41, 5.74) is 1.54. The summed E-state index contributed by atoms with van der Waals surface area (Å²) in [4.78, 5) is 1.05. The number of sulfonamides is 1. The molecule has 0 aliphatic carbocycles. The lowest BCUT2D eigenvalue weighted by atomic mass is 10.3. The second-order valence-corrected chi connectivity index (χ2v) is 8.53. The molecule has 0 amide bonds. The van der Waals surface area contributed by atoms with Gasteiger partial charge in [0, 0.05) is 21.6 Å². The van der Waals surface area contributed by atoms with E-state index in [0.29, 0.717) is 16.4 Å². The molecular formula is C14H17BrN2O2S2. The van der Waals surface area contributed by atoms with Crippen molar-refractivity contribution in [2.24, 2.45) is 0 Å². The molecule has 0 radical (unpaired) electrons. The van der Waals surface area contributed by atoms with Gasteiger partial charge in [0.2, 0.25) is 0 Å². The Kier molecular flexibility index (Phi) is 5.43. The van der Waals surface area contributed by atoms with Crippen LogP contribution < -0.4 is 10.0 Å². The highest BCUT2D eigenvalue weighted by Crippen LogP contribution is 2.28. The highest BCUT2D eigenvalue weighted by Gasteiger charge is 2.19. The summed E-state index contributed by atoms with van der Waals surface area (Å²) in [5, 5.41) is 3.22. The van der Waals surface area contributed by atoms with Crippen LogP contribution >= 0.6 is 27.3 Å². The number of aryl methyl sites for hydroxylation is 1. The van der Waals surface area contributed by atoms with E-state index in [4.69, 9.17) is 0 Å². The molecule has 7 heteroatoms. The molecule has 2 rings (SSSR count). The number of benzene rings is 1. The van der Waals surface area contributed by atoms with Crippen LogP contribution in [-0.2, 0) is 16.6 Å². The molecule has 2 N–H and O–H groups in total. The van der Waals surface area contributed by atoms with Gasteiger partial charge in [0.25, 0.3) is 10.0 Å². The molecule has 1 aromatic heterocycles. The number of anilines is 1. The second-order valence-electron chi connectivity index (χ2n) is 4.57. The third-order valence-electron chi connectivity index (χ3n) is 2.88. The Morgan fingerprint density at radius 1 is 1.29 bits per heavy atom. The summed E-state index contributed by atoms with van der Waals surface area (Å²) >= 11 is 4.63. The predicted molar refractivity (Wildman–Crippen MR) is 91.4 cm³/mol. The Morgan fingerprint density at radius 2 is 2.05 bits per heavy atom. The van der Waals surface area contributed by atoms with Crippen LogP contribution in [0.5, 0.6) is 0 Å². The first kappa shape index (κ1) is 16.5. The van der Waals surface area contributed by atoms with Gasteiger partial charge in [-0.1, -0.05) is 28.9 Å². The van der Waals surface area contributed by atoms with Crippen molar-refractivity contribution >= 4 is 43.0 Å². The van der Waals surface area contributed by atoms with Gasteiger partial charge in [0.05, 0.1) is 0 Å². The second kappa shape index (κ2) is 6.91.